The third-order valence-electron chi connectivity index (χ3n) is 5.65. The van der Waals surface area contributed by atoms with Crippen LogP contribution in [0.3, 0.4) is 0 Å². The molecule has 0 bridgehead atoms. The largest absolute Gasteiger partial charge is 0.392 e. The first-order valence-electron chi connectivity index (χ1n) is 8.50. The van der Waals surface area contributed by atoms with Crippen molar-refractivity contribution in [2.45, 2.75) is 72.8 Å². The summed E-state index contributed by atoms with van der Waals surface area (Å²) >= 11 is 0. The first-order valence-corrected chi connectivity index (χ1v) is 8.50. The Kier molecular flexibility index (Phi) is 5.14. The van der Waals surface area contributed by atoms with Crippen molar-refractivity contribution in [2.24, 2.45) is 17.3 Å². The van der Waals surface area contributed by atoms with Crippen LogP contribution in [0.5, 0.6) is 0 Å². The van der Waals surface area contributed by atoms with Crippen molar-refractivity contribution < 1.29 is 5.11 Å². The monoisotopic (exact) mass is 288 g/mol. The zero-order chi connectivity index (χ0) is 15.6. The second kappa shape index (κ2) is 6.52. The number of hydrogen-bond donors (Lipinski definition) is 1. The topological polar surface area (TPSA) is 20.2 Å². The van der Waals surface area contributed by atoms with E-state index in [-0.39, 0.29) is 11.5 Å². The van der Waals surface area contributed by atoms with Crippen molar-refractivity contribution >= 4 is 0 Å². The summed E-state index contributed by atoms with van der Waals surface area (Å²) in [4.78, 5) is 0. The summed E-state index contributed by atoms with van der Waals surface area (Å²) in [5.41, 5.74) is 4.40. The fourth-order valence-electron chi connectivity index (χ4n) is 3.94. The van der Waals surface area contributed by atoms with Crippen LogP contribution < -0.4 is 0 Å². The lowest BCUT2D eigenvalue weighted by Crippen LogP contribution is -2.21. The Morgan fingerprint density at radius 3 is 2.71 bits per heavy atom. The molecule has 0 amide bonds. The van der Waals surface area contributed by atoms with Crippen molar-refractivity contribution in [2.75, 3.05) is 0 Å². The Morgan fingerprint density at radius 1 is 1.33 bits per heavy atom. The molecule has 0 aromatic heterocycles. The van der Waals surface area contributed by atoms with Gasteiger partial charge < -0.3 is 5.11 Å². The van der Waals surface area contributed by atoms with Crippen LogP contribution in [0.15, 0.2) is 34.9 Å². The summed E-state index contributed by atoms with van der Waals surface area (Å²) in [5, 5.41) is 10.7. The van der Waals surface area contributed by atoms with Crippen molar-refractivity contribution in [3.63, 3.8) is 0 Å². The minimum Gasteiger partial charge on any atom is -0.392 e. The van der Waals surface area contributed by atoms with Gasteiger partial charge in [-0.05, 0) is 71.6 Å². The molecule has 0 heterocycles. The standard InChI is InChI=1S/C20H32O/c1-14(2)9-12-19(21)20(5)17-11-10-15(3)7-6-8-16(4)13-18(17)20/h7,9,13,17-19,21H,6,8,10-12H2,1-5H3. The van der Waals surface area contributed by atoms with Gasteiger partial charge in [-0.2, -0.15) is 0 Å². The molecule has 118 valence electrons. The summed E-state index contributed by atoms with van der Waals surface area (Å²) in [6, 6.07) is 0. The van der Waals surface area contributed by atoms with Gasteiger partial charge in [-0.25, -0.2) is 0 Å². The van der Waals surface area contributed by atoms with Crippen LogP contribution in [0.1, 0.15) is 66.7 Å². The van der Waals surface area contributed by atoms with Crippen molar-refractivity contribution in [3.05, 3.63) is 34.9 Å². The first-order chi connectivity index (χ1) is 9.85. The van der Waals surface area contributed by atoms with E-state index in [0.717, 1.165) is 6.42 Å². The highest BCUT2D eigenvalue weighted by Crippen LogP contribution is 2.64. The summed E-state index contributed by atoms with van der Waals surface area (Å²) in [5.74, 6) is 1.22. The molecule has 21 heavy (non-hydrogen) atoms. The minimum atomic E-state index is -0.212. The summed E-state index contributed by atoms with van der Waals surface area (Å²) in [6.07, 6.45) is 12.4. The van der Waals surface area contributed by atoms with E-state index < -0.39 is 0 Å². The number of fused-ring (bicyclic) bond motifs is 1. The second-order valence-corrected chi connectivity index (χ2v) is 7.67. The Labute approximate surface area is 130 Å². The lowest BCUT2D eigenvalue weighted by molar-refractivity contribution is 0.0904. The first kappa shape index (κ1) is 16.5. The van der Waals surface area contributed by atoms with Crippen molar-refractivity contribution in [1.82, 2.24) is 0 Å². The van der Waals surface area contributed by atoms with Gasteiger partial charge in [-0.15, -0.1) is 0 Å². The molecular formula is C20H32O. The van der Waals surface area contributed by atoms with Crippen LogP contribution in [0.25, 0.3) is 0 Å². The SMILES string of the molecule is CC(C)=CCC(O)C1(C)C2C=C(C)CCC=C(C)CCC21. The molecule has 0 aromatic carbocycles. The van der Waals surface area contributed by atoms with Crippen molar-refractivity contribution in [1.29, 1.82) is 0 Å². The maximum atomic E-state index is 10.7. The third-order valence-corrected chi connectivity index (χ3v) is 5.65. The molecule has 0 spiro atoms. The Bertz CT molecular complexity index is 464. The van der Waals surface area contributed by atoms with E-state index in [0.29, 0.717) is 11.8 Å². The maximum Gasteiger partial charge on any atom is 0.0636 e. The molecule has 1 saturated carbocycles. The highest BCUT2D eigenvalue weighted by Gasteiger charge is 2.62. The molecule has 2 aliphatic rings. The average Bonchev–Trinajstić information content (AvgIpc) is 2.98. The van der Waals surface area contributed by atoms with E-state index in [9.17, 15) is 5.11 Å². The lowest BCUT2D eigenvalue weighted by Gasteiger charge is -2.19. The number of allylic oxidation sites excluding steroid dienone is 5. The molecule has 1 fully saturated rings. The Hall–Kier alpha value is -0.820. The van der Waals surface area contributed by atoms with Crippen molar-refractivity contribution in [3.8, 4) is 0 Å². The van der Waals surface area contributed by atoms with Gasteiger partial charge in [0.25, 0.3) is 0 Å². The number of hydrogen-bond acceptors (Lipinski definition) is 1. The fourth-order valence-corrected chi connectivity index (χ4v) is 3.94. The molecule has 0 aliphatic heterocycles. The van der Waals surface area contributed by atoms with E-state index in [2.05, 4.69) is 52.8 Å². The van der Waals surface area contributed by atoms with Crippen LogP contribution >= 0.6 is 0 Å². The quantitative estimate of drug-likeness (QED) is 0.687. The predicted molar refractivity (Wildman–Crippen MR) is 91.1 cm³/mol. The summed E-state index contributed by atoms with van der Waals surface area (Å²) < 4.78 is 0. The summed E-state index contributed by atoms with van der Waals surface area (Å²) in [7, 11) is 0. The number of aliphatic hydroxyl groups is 1. The second-order valence-electron chi connectivity index (χ2n) is 7.67. The molecule has 2 aliphatic carbocycles. The van der Waals surface area contributed by atoms with Crippen LogP contribution in [0.2, 0.25) is 0 Å². The van der Waals surface area contributed by atoms with E-state index in [1.807, 2.05) is 0 Å². The lowest BCUT2D eigenvalue weighted by atomic mass is 9.92. The number of rotatable bonds is 3. The maximum absolute atomic E-state index is 10.7. The zero-order valence-corrected chi connectivity index (χ0v) is 14.4. The van der Waals surface area contributed by atoms with Gasteiger partial charge in [0.1, 0.15) is 0 Å². The van der Waals surface area contributed by atoms with E-state index in [1.54, 1.807) is 0 Å². The molecule has 4 unspecified atom stereocenters. The van der Waals surface area contributed by atoms with Crippen LogP contribution in [0.4, 0.5) is 0 Å². The van der Waals surface area contributed by atoms with E-state index in [1.165, 1.54) is 42.4 Å². The van der Waals surface area contributed by atoms with Gasteiger partial charge >= 0.3 is 0 Å². The van der Waals surface area contributed by atoms with Gasteiger partial charge in [0, 0.05) is 5.41 Å². The molecule has 4 atom stereocenters. The highest BCUT2D eigenvalue weighted by atomic mass is 16.3. The average molecular weight is 288 g/mol. The summed E-state index contributed by atoms with van der Waals surface area (Å²) in [6.45, 7) is 11.0. The Balaban J connectivity index is 2.14. The molecule has 2 rings (SSSR count). The van der Waals surface area contributed by atoms with Gasteiger partial charge in [-0.3, -0.25) is 0 Å². The molecule has 1 heteroatoms. The smallest absolute Gasteiger partial charge is 0.0636 e. The fraction of sp³-hybridized carbons (Fsp3) is 0.700. The molecule has 0 saturated heterocycles. The molecule has 1 nitrogen and oxygen atoms in total. The normalized spacial score (nSPS) is 34.2. The van der Waals surface area contributed by atoms with E-state index >= 15 is 0 Å². The molecule has 1 N–H and O–H groups in total. The number of aliphatic hydroxyl groups excluding tert-OH is 1. The van der Waals surface area contributed by atoms with Crippen LogP contribution in [-0.4, -0.2) is 11.2 Å². The van der Waals surface area contributed by atoms with Gasteiger partial charge in [0.05, 0.1) is 6.10 Å². The predicted octanol–water partition coefficient (Wildman–Crippen LogP) is 5.42. The van der Waals surface area contributed by atoms with Crippen LogP contribution in [0, 0.1) is 17.3 Å². The Morgan fingerprint density at radius 2 is 2.05 bits per heavy atom. The van der Waals surface area contributed by atoms with Gasteiger partial charge in [0.15, 0.2) is 0 Å². The van der Waals surface area contributed by atoms with Gasteiger partial charge in [-0.1, -0.05) is 41.9 Å². The zero-order valence-electron chi connectivity index (χ0n) is 14.4. The van der Waals surface area contributed by atoms with Gasteiger partial charge in [0.2, 0.25) is 0 Å². The highest BCUT2D eigenvalue weighted by molar-refractivity contribution is 5.23. The van der Waals surface area contributed by atoms with Crippen LogP contribution in [-0.2, 0) is 0 Å². The molecule has 0 aromatic rings. The molecule has 0 radical (unpaired) electrons. The third kappa shape index (κ3) is 3.69. The minimum absolute atomic E-state index is 0.0812. The molecular weight excluding hydrogens is 256 g/mol. The van der Waals surface area contributed by atoms with E-state index in [4.69, 9.17) is 0 Å².